The van der Waals surface area contributed by atoms with Crippen molar-refractivity contribution in [3.8, 4) is 0 Å². The maximum Gasteiger partial charge on any atom is 0.158 e. The van der Waals surface area contributed by atoms with Gasteiger partial charge in [0.05, 0.1) is 0 Å². The van der Waals surface area contributed by atoms with Gasteiger partial charge in [0.1, 0.15) is 0 Å². The lowest BCUT2D eigenvalue weighted by atomic mass is 10.1. The molecule has 0 heterocycles. The van der Waals surface area contributed by atoms with E-state index in [9.17, 15) is 4.79 Å². The molecule has 0 aromatic heterocycles. The fraction of sp³-hybridized carbons (Fsp3) is 0.500. The van der Waals surface area contributed by atoms with Crippen molar-refractivity contribution >= 4 is 5.78 Å². The van der Waals surface area contributed by atoms with Crippen molar-refractivity contribution in [2.75, 3.05) is 0 Å². The third-order valence-electron chi connectivity index (χ3n) is 1.37. The molecule has 0 spiro atoms. The van der Waals surface area contributed by atoms with Crippen LogP contribution >= 0.6 is 0 Å². The first-order chi connectivity index (χ1) is 5.07. The molecular formula is C10H16O. The van der Waals surface area contributed by atoms with Crippen LogP contribution in [-0.4, -0.2) is 5.78 Å². The molecule has 0 bridgehead atoms. The van der Waals surface area contributed by atoms with E-state index in [1.165, 1.54) is 0 Å². The molecular weight excluding hydrogens is 136 g/mol. The minimum Gasteiger partial charge on any atom is -0.295 e. The zero-order valence-electron chi connectivity index (χ0n) is 7.72. The van der Waals surface area contributed by atoms with E-state index in [1.54, 1.807) is 6.08 Å². The number of carbonyl (C=O) groups excluding carboxylic acids is 1. The molecule has 11 heavy (non-hydrogen) atoms. The fourth-order valence-corrected chi connectivity index (χ4v) is 0.702. The van der Waals surface area contributed by atoms with Gasteiger partial charge in [-0.25, -0.2) is 0 Å². The van der Waals surface area contributed by atoms with Crippen molar-refractivity contribution in [2.45, 2.75) is 27.7 Å². The molecule has 0 unspecified atom stereocenters. The summed E-state index contributed by atoms with van der Waals surface area (Å²) in [5, 5.41) is 0. The Labute approximate surface area is 68.8 Å². The van der Waals surface area contributed by atoms with E-state index in [1.807, 2.05) is 39.8 Å². The highest BCUT2D eigenvalue weighted by molar-refractivity contribution is 5.92. The monoisotopic (exact) mass is 152 g/mol. The average Bonchev–Trinajstić information content (AvgIpc) is 1.87. The zero-order valence-corrected chi connectivity index (χ0v) is 7.72. The maximum atomic E-state index is 11.1. The Kier molecular flexibility index (Phi) is 4.51. The van der Waals surface area contributed by atoms with Gasteiger partial charge in [-0.3, -0.25) is 4.79 Å². The summed E-state index contributed by atoms with van der Waals surface area (Å²) >= 11 is 0. The molecule has 0 N–H and O–H groups in total. The third kappa shape index (κ3) is 4.54. The topological polar surface area (TPSA) is 17.1 Å². The summed E-state index contributed by atoms with van der Waals surface area (Å²) in [6, 6.07) is 0. The van der Waals surface area contributed by atoms with Gasteiger partial charge in [-0.1, -0.05) is 26.0 Å². The van der Waals surface area contributed by atoms with Crippen LogP contribution in [0.4, 0.5) is 0 Å². The summed E-state index contributed by atoms with van der Waals surface area (Å²) in [6.45, 7) is 7.68. The van der Waals surface area contributed by atoms with E-state index in [-0.39, 0.29) is 11.7 Å². The quantitative estimate of drug-likeness (QED) is 0.449. The summed E-state index contributed by atoms with van der Waals surface area (Å²) in [5.74, 6) is 0.302. The van der Waals surface area contributed by atoms with Crippen LogP contribution < -0.4 is 0 Å². The van der Waals surface area contributed by atoms with Crippen LogP contribution in [0.25, 0.3) is 0 Å². The highest BCUT2D eigenvalue weighted by atomic mass is 16.1. The van der Waals surface area contributed by atoms with Crippen LogP contribution in [0.1, 0.15) is 27.7 Å². The number of carbonyl (C=O) groups is 1. The Balaban J connectivity index is 4.19. The van der Waals surface area contributed by atoms with Crippen molar-refractivity contribution in [1.29, 1.82) is 0 Å². The number of hydrogen-bond acceptors (Lipinski definition) is 1. The van der Waals surface area contributed by atoms with Gasteiger partial charge in [0.15, 0.2) is 5.78 Å². The fourth-order valence-electron chi connectivity index (χ4n) is 0.702. The molecule has 0 fully saturated rings. The Morgan fingerprint density at radius 1 is 1.36 bits per heavy atom. The number of allylic oxidation sites excluding steroid dienone is 4. The van der Waals surface area contributed by atoms with Crippen LogP contribution in [0, 0.1) is 5.92 Å². The Morgan fingerprint density at radius 2 is 1.91 bits per heavy atom. The lowest BCUT2D eigenvalue weighted by molar-refractivity contribution is -0.117. The first-order valence-corrected chi connectivity index (χ1v) is 3.92. The predicted octanol–water partition coefficient (Wildman–Crippen LogP) is 2.73. The second-order valence-electron chi connectivity index (χ2n) is 2.95. The average molecular weight is 152 g/mol. The molecule has 0 atom stereocenters. The molecule has 1 heteroatoms. The van der Waals surface area contributed by atoms with E-state index in [2.05, 4.69) is 0 Å². The first kappa shape index (κ1) is 10.2. The molecule has 1 nitrogen and oxygen atoms in total. The second-order valence-corrected chi connectivity index (χ2v) is 2.95. The standard InChI is InChI=1S/C10H16O/c1-5-6-9(4)7-10(11)8(2)3/h5-8H,1-4H3. The molecule has 0 aromatic rings. The molecule has 0 radical (unpaired) electrons. The van der Waals surface area contributed by atoms with E-state index in [4.69, 9.17) is 0 Å². The van der Waals surface area contributed by atoms with Gasteiger partial charge in [0, 0.05) is 5.92 Å². The molecule has 0 amide bonds. The van der Waals surface area contributed by atoms with Crippen molar-refractivity contribution in [1.82, 2.24) is 0 Å². The molecule has 0 aliphatic heterocycles. The van der Waals surface area contributed by atoms with E-state index < -0.39 is 0 Å². The normalized spacial score (nSPS) is 13.0. The van der Waals surface area contributed by atoms with Crippen LogP contribution in [0.3, 0.4) is 0 Å². The first-order valence-electron chi connectivity index (χ1n) is 3.92. The molecule has 62 valence electrons. The molecule has 0 aliphatic carbocycles. The highest BCUT2D eigenvalue weighted by Crippen LogP contribution is 2.01. The van der Waals surface area contributed by atoms with Crippen LogP contribution in [0.5, 0.6) is 0 Å². The van der Waals surface area contributed by atoms with Crippen molar-refractivity contribution < 1.29 is 4.79 Å². The predicted molar refractivity (Wildman–Crippen MR) is 48.4 cm³/mol. The Bertz CT molecular complexity index is 185. The minimum absolute atomic E-state index is 0.107. The van der Waals surface area contributed by atoms with Crippen molar-refractivity contribution in [3.63, 3.8) is 0 Å². The molecule has 0 aliphatic rings. The van der Waals surface area contributed by atoms with Crippen LogP contribution in [0.2, 0.25) is 0 Å². The summed E-state index contributed by atoms with van der Waals surface area (Å²) in [6.07, 6.45) is 5.55. The lowest BCUT2D eigenvalue weighted by Crippen LogP contribution is -2.02. The van der Waals surface area contributed by atoms with E-state index in [0.29, 0.717) is 0 Å². The summed E-state index contributed by atoms with van der Waals surface area (Å²) in [5.41, 5.74) is 1.02. The molecule has 0 rings (SSSR count). The third-order valence-corrected chi connectivity index (χ3v) is 1.37. The lowest BCUT2D eigenvalue weighted by Gasteiger charge is -1.97. The molecule has 0 saturated carbocycles. The van der Waals surface area contributed by atoms with Gasteiger partial charge in [-0.2, -0.15) is 0 Å². The highest BCUT2D eigenvalue weighted by Gasteiger charge is 2.01. The smallest absolute Gasteiger partial charge is 0.158 e. The van der Waals surface area contributed by atoms with E-state index in [0.717, 1.165) is 5.57 Å². The number of hydrogen-bond donors (Lipinski definition) is 0. The zero-order chi connectivity index (χ0) is 8.85. The Morgan fingerprint density at radius 3 is 2.27 bits per heavy atom. The van der Waals surface area contributed by atoms with Gasteiger partial charge < -0.3 is 0 Å². The van der Waals surface area contributed by atoms with Gasteiger partial charge in [-0.15, -0.1) is 0 Å². The van der Waals surface area contributed by atoms with Crippen LogP contribution in [0.15, 0.2) is 23.8 Å². The largest absolute Gasteiger partial charge is 0.295 e. The summed E-state index contributed by atoms with van der Waals surface area (Å²) < 4.78 is 0. The SMILES string of the molecule is CC=CC(C)=CC(=O)C(C)C. The Hall–Kier alpha value is -0.850. The van der Waals surface area contributed by atoms with Crippen LogP contribution in [-0.2, 0) is 4.79 Å². The maximum absolute atomic E-state index is 11.1. The number of ketones is 1. The van der Waals surface area contributed by atoms with Gasteiger partial charge in [0.25, 0.3) is 0 Å². The summed E-state index contributed by atoms with van der Waals surface area (Å²) in [7, 11) is 0. The van der Waals surface area contributed by atoms with Gasteiger partial charge >= 0.3 is 0 Å². The second kappa shape index (κ2) is 4.89. The van der Waals surface area contributed by atoms with Crippen molar-refractivity contribution in [2.24, 2.45) is 5.92 Å². The minimum atomic E-state index is 0.107. The molecule has 0 saturated heterocycles. The molecule has 0 aromatic carbocycles. The number of rotatable bonds is 3. The summed E-state index contributed by atoms with van der Waals surface area (Å²) in [4.78, 5) is 11.1. The van der Waals surface area contributed by atoms with Gasteiger partial charge in [-0.05, 0) is 25.5 Å². The van der Waals surface area contributed by atoms with Crippen molar-refractivity contribution in [3.05, 3.63) is 23.8 Å². The van der Waals surface area contributed by atoms with E-state index >= 15 is 0 Å². The van der Waals surface area contributed by atoms with Gasteiger partial charge in [0.2, 0.25) is 0 Å².